The summed E-state index contributed by atoms with van der Waals surface area (Å²) in [4.78, 5) is 37.3. The number of nitrogens with zero attached hydrogens (tertiary/aromatic N) is 1. The van der Waals surface area contributed by atoms with Gasteiger partial charge in [0.1, 0.15) is 0 Å². The summed E-state index contributed by atoms with van der Waals surface area (Å²) in [6.45, 7) is 1.48. The summed E-state index contributed by atoms with van der Waals surface area (Å²) in [7, 11) is 0. The van der Waals surface area contributed by atoms with Crippen molar-refractivity contribution in [2.24, 2.45) is 5.73 Å². The van der Waals surface area contributed by atoms with Crippen LogP contribution < -0.4 is 11.1 Å². The Balaban J connectivity index is 0.00000288. The fourth-order valence-electron chi connectivity index (χ4n) is 2.45. The smallest absolute Gasteiger partial charge is 0.261 e. The van der Waals surface area contributed by atoms with Crippen molar-refractivity contribution in [1.82, 2.24) is 10.2 Å². The molecule has 0 atom stereocenters. The van der Waals surface area contributed by atoms with Gasteiger partial charge in [-0.1, -0.05) is 15.9 Å². The number of benzene rings is 1. The van der Waals surface area contributed by atoms with Crippen LogP contribution in [0.25, 0.3) is 0 Å². The molecule has 3 amide bonds. The van der Waals surface area contributed by atoms with E-state index in [1.165, 1.54) is 4.90 Å². The number of nitrogens with two attached hydrogens (primary N) is 1. The molecule has 0 saturated carbocycles. The SMILES string of the molecule is Cl.NCCCCNC(=O)CCCN1C(=O)c2ccc(Br)cc2C1=O. The third-order valence-corrected chi connectivity index (χ3v) is 4.16. The van der Waals surface area contributed by atoms with Crippen LogP contribution in [-0.2, 0) is 4.79 Å². The number of hydrogen-bond acceptors (Lipinski definition) is 4. The molecule has 1 aromatic carbocycles. The van der Waals surface area contributed by atoms with Crippen LogP contribution in [0.2, 0.25) is 0 Å². The van der Waals surface area contributed by atoms with Crippen LogP contribution in [0.3, 0.4) is 0 Å². The maximum atomic E-state index is 12.3. The van der Waals surface area contributed by atoms with Gasteiger partial charge < -0.3 is 11.1 Å². The topological polar surface area (TPSA) is 92.5 Å². The van der Waals surface area contributed by atoms with Gasteiger partial charge >= 0.3 is 0 Å². The van der Waals surface area contributed by atoms with Crippen LogP contribution >= 0.6 is 28.3 Å². The first-order valence-corrected chi connectivity index (χ1v) is 8.46. The second kappa shape index (κ2) is 9.76. The summed E-state index contributed by atoms with van der Waals surface area (Å²) < 4.78 is 0.760. The van der Waals surface area contributed by atoms with Gasteiger partial charge in [-0.15, -0.1) is 12.4 Å². The van der Waals surface area contributed by atoms with Crippen molar-refractivity contribution < 1.29 is 14.4 Å². The van der Waals surface area contributed by atoms with E-state index in [4.69, 9.17) is 5.73 Å². The summed E-state index contributed by atoms with van der Waals surface area (Å²) >= 11 is 3.30. The molecule has 0 aromatic heterocycles. The van der Waals surface area contributed by atoms with E-state index in [0.717, 1.165) is 17.3 Å². The summed E-state index contributed by atoms with van der Waals surface area (Å²) in [6, 6.07) is 5.03. The second-order valence-corrected chi connectivity index (χ2v) is 6.32. The summed E-state index contributed by atoms with van der Waals surface area (Å²) in [6.07, 6.45) is 2.48. The molecule has 0 unspecified atom stereocenters. The number of rotatable bonds is 8. The quantitative estimate of drug-likeness (QED) is 0.499. The van der Waals surface area contributed by atoms with Crippen LogP contribution in [0.15, 0.2) is 22.7 Å². The van der Waals surface area contributed by atoms with E-state index in [1.54, 1.807) is 18.2 Å². The summed E-state index contributed by atoms with van der Waals surface area (Å²) in [5.41, 5.74) is 6.22. The van der Waals surface area contributed by atoms with Crippen molar-refractivity contribution in [3.63, 3.8) is 0 Å². The number of hydrogen-bond donors (Lipinski definition) is 2. The molecule has 1 aliphatic rings. The highest BCUT2D eigenvalue weighted by Gasteiger charge is 2.35. The molecule has 0 saturated heterocycles. The van der Waals surface area contributed by atoms with Crippen LogP contribution in [0.5, 0.6) is 0 Å². The van der Waals surface area contributed by atoms with Gasteiger partial charge in [0.15, 0.2) is 0 Å². The summed E-state index contributed by atoms with van der Waals surface area (Å²) in [5.74, 6) is -0.656. The fourth-order valence-corrected chi connectivity index (χ4v) is 2.81. The van der Waals surface area contributed by atoms with Crippen molar-refractivity contribution in [3.8, 4) is 0 Å². The Kier molecular flexibility index (Phi) is 8.38. The van der Waals surface area contributed by atoms with Crippen molar-refractivity contribution >= 4 is 46.1 Å². The van der Waals surface area contributed by atoms with E-state index < -0.39 is 0 Å². The molecule has 0 fully saturated rings. The molecule has 132 valence electrons. The first-order chi connectivity index (χ1) is 11.0. The minimum Gasteiger partial charge on any atom is -0.356 e. The van der Waals surface area contributed by atoms with Crippen molar-refractivity contribution in [2.45, 2.75) is 25.7 Å². The Bertz CT molecular complexity index is 625. The largest absolute Gasteiger partial charge is 0.356 e. The molecular formula is C16H21BrClN3O3. The Hall–Kier alpha value is -1.44. The number of unbranched alkanes of at least 4 members (excludes halogenated alkanes) is 1. The number of imide groups is 1. The second-order valence-electron chi connectivity index (χ2n) is 5.40. The summed E-state index contributed by atoms with van der Waals surface area (Å²) in [5, 5.41) is 2.80. The van der Waals surface area contributed by atoms with E-state index in [9.17, 15) is 14.4 Å². The average Bonchev–Trinajstić information content (AvgIpc) is 2.76. The van der Waals surface area contributed by atoms with Gasteiger partial charge in [0, 0.05) is 24.0 Å². The Morgan fingerprint density at radius 1 is 1.12 bits per heavy atom. The number of amides is 3. The maximum Gasteiger partial charge on any atom is 0.261 e. The molecule has 0 aliphatic carbocycles. The number of halogens is 2. The van der Waals surface area contributed by atoms with Crippen LogP contribution in [0.4, 0.5) is 0 Å². The highest BCUT2D eigenvalue weighted by molar-refractivity contribution is 9.10. The number of fused-ring (bicyclic) bond motifs is 1. The third-order valence-electron chi connectivity index (χ3n) is 3.67. The maximum absolute atomic E-state index is 12.3. The standard InChI is InChI=1S/C16H20BrN3O3.ClH/c17-11-5-6-12-13(10-11)16(23)20(15(12)22)9-3-4-14(21)19-8-2-1-7-18;/h5-6,10H,1-4,7-9,18H2,(H,19,21);1H. The van der Waals surface area contributed by atoms with Crippen LogP contribution in [-0.4, -0.2) is 42.3 Å². The molecule has 1 heterocycles. The van der Waals surface area contributed by atoms with E-state index in [2.05, 4.69) is 21.2 Å². The molecule has 8 heteroatoms. The minimum absolute atomic E-state index is 0. The van der Waals surface area contributed by atoms with Gasteiger partial charge in [-0.25, -0.2) is 0 Å². The van der Waals surface area contributed by atoms with Crippen molar-refractivity contribution in [1.29, 1.82) is 0 Å². The molecule has 2 rings (SSSR count). The lowest BCUT2D eigenvalue weighted by molar-refractivity contribution is -0.121. The number of carbonyl (C=O) groups excluding carboxylic acids is 3. The molecular weight excluding hydrogens is 398 g/mol. The fraction of sp³-hybridized carbons (Fsp3) is 0.438. The number of carbonyl (C=O) groups is 3. The monoisotopic (exact) mass is 417 g/mol. The Morgan fingerprint density at radius 2 is 1.83 bits per heavy atom. The first-order valence-electron chi connectivity index (χ1n) is 7.67. The van der Waals surface area contributed by atoms with Gasteiger partial charge in [-0.2, -0.15) is 0 Å². The molecule has 3 N–H and O–H groups in total. The average molecular weight is 419 g/mol. The third kappa shape index (κ3) is 5.03. The highest BCUT2D eigenvalue weighted by Crippen LogP contribution is 2.26. The predicted molar refractivity (Wildman–Crippen MR) is 97.3 cm³/mol. The molecule has 24 heavy (non-hydrogen) atoms. The van der Waals surface area contributed by atoms with E-state index in [1.807, 2.05) is 0 Å². The molecule has 0 radical (unpaired) electrons. The molecule has 0 spiro atoms. The van der Waals surface area contributed by atoms with E-state index in [-0.39, 0.29) is 36.7 Å². The van der Waals surface area contributed by atoms with E-state index >= 15 is 0 Å². The van der Waals surface area contributed by atoms with Gasteiger partial charge in [0.2, 0.25) is 5.91 Å². The zero-order valence-corrected chi connectivity index (χ0v) is 15.6. The van der Waals surface area contributed by atoms with E-state index in [0.29, 0.717) is 37.1 Å². The lowest BCUT2D eigenvalue weighted by atomic mass is 10.1. The molecule has 0 bridgehead atoms. The van der Waals surface area contributed by atoms with Crippen LogP contribution in [0.1, 0.15) is 46.4 Å². The lowest BCUT2D eigenvalue weighted by Gasteiger charge is -2.13. The zero-order valence-electron chi connectivity index (χ0n) is 13.2. The van der Waals surface area contributed by atoms with Crippen LogP contribution in [0, 0.1) is 0 Å². The van der Waals surface area contributed by atoms with Gasteiger partial charge in [-0.05, 0) is 44.0 Å². The normalized spacial score (nSPS) is 12.8. The Labute approximate surface area is 155 Å². The van der Waals surface area contributed by atoms with Gasteiger partial charge in [0.05, 0.1) is 11.1 Å². The molecule has 6 nitrogen and oxygen atoms in total. The lowest BCUT2D eigenvalue weighted by Crippen LogP contribution is -2.32. The predicted octanol–water partition coefficient (Wildman–Crippen LogP) is 2.10. The Morgan fingerprint density at radius 3 is 2.54 bits per heavy atom. The zero-order chi connectivity index (χ0) is 16.8. The minimum atomic E-state index is -0.297. The highest BCUT2D eigenvalue weighted by atomic mass is 79.9. The van der Waals surface area contributed by atoms with Gasteiger partial charge in [-0.3, -0.25) is 19.3 Å². The number of nitrogens with one attached hydrogen (secondary N) is 1. The molecule has 1 aliphatic heterocycles. The first kappa shape index (κ1) is 20.6. The molecule has 1 aromatic rings. The van der Waals surface area contributed by atoms with Crippen molar-refractivity contribution in [3.05, 3.63) is 33.8 Å². The van der Waals surface area contributed by atoms with Gasteiger partial charge in [0.25, 0.3) is 11.8 Å². The van der Waals surface area contributed by atoms with Crippen molar-refractivity contribution in [2.75, 3.05) is 19.6 Å².